The monoisotopic (exact) mass is 606 g/mol. The average molecular weight is 607 g/mol. The fourth-order valence-electron chi connectivity index (χ4n) is 6.00. The second kappa shape index (κ2) is 16.8. The Morgan fingerprint density at radius 3 is 2.25 bits per heavy atom. The molecule has 44 heavy (non-hydrogen) atoms. The summed E-state index contributed by atoms with van der Waals surface area (Å²) in [6.45, 7) is 4.63. The van der Waals surface area contributed by atoms with Crippen molar-refractivity contribution in [2.75, 3.05) is 39.5 Å². The van der Waals surface area contributed by atoms with Gasteiger partial charge in [-0.2, -0.15) is 0 Å². The number of hydrogen-bond acceptors (Lipinski definition) is 6. The summed E-state index contributed by atoms with van der Waals surface area (Å²) in [4.78, 5) is 53.4. The molecule has 0 radical (unpaired) electrons. The standard InChI is InChI=1S/C34H46N4O6/c1-26(28-14-6-3-7-15-28)36-31(40)30(39)29(16-8-11-19-35-32(41)38-20-22-43-23-21-38)37-33(42)44-25-34(17-9-10-18-34)24-27-12-4-2-5-13-27/h2-7,12-15,26,29H,8-11,16-25H2,1H3,(H,35,41)(H,36,40)(H,37,42)/t26-,29+/m1/s1. The number of ether oxygens (including phenoxy) is 2. The van der Waals surface area contributed by atoms with E-state index in [0.717, 1.165) is 37.7 Å². The molecule has 238 valence electrons. The molecule has 2 aromatic rings. The van der Waals surface area contributed by atoms with E-state index in [4.69, 9.17) is 9.47 Å². The molecule has 2 aliphatic rings. The van der Waals surface area contributed by atoms with Gasteiger partial charge in [-0.3, -0.25) is 9.59 Å². The molecule has 2 atom stereocenters. The van der Waals surface area contributed by atoms with Gasteiger partial charge in [0.15, 0.2) is 0 Å². The van der Waals surface area contributed by atoms with Gasteiger partial charge in [-0.1, -0.05) is 73.5 Å². The van der Waals surface area contributed by atoms with Gasteiger partial charge in [0.05, 0.1) is 25.9 Å². The van der Waals surface area contributed by atoms with Crippen LogP contribution in [0.25, 0.3) is 0 Å². The maximum absolute atomic E-state index is 13.3. The number of nitrogens with one attached hydrogen (secondary N) is 3. The van der Waals surface area contributed by atoms with Gasteiger partial charge in [-0.05, 0) is 56.6 Å². The summed E-state index contributed by atoms with van der Waals surface area (Å²) in [5, 5.41) is 8.34. The van der Waals surface area contributed by atoms with E-state index in [1.54, 1.807) is 4.90 Å². The fraction of sp³-hybridized carbons (Fsp3) is 0.529. The Kier molecular flexibility index (Phi) is 12.6. The van der Waals surface area contributed by atoms with Crippen LogP contribution in [0.15, 0.2) is 60.7 Å². The lowest BCUT2D eigenvalue weighted by Gasteiger charge is -2.29. The largest absolute Gasteiger partial charge is 0.449 e. The maximum Gasteiger partial charge on any atom is 0.407 e. The molecule has 2 fully saturated rings. The highest BCUT2D eigenvalue weighted by Gasteiger charge is 2.36. The normalized spacial score (nSPS) is 17.2. The van der Waals surface area contributed by atoms with Gasteiger partial charge >= 0.3 is 12.1 Å². The number of nitrogens with zero attached hydrogens (tertiary/aromatic N) is 1. The molecule has 3 N–H and O–H groups in total. The van der Waals surface area contributed by atoms with Crippen molar-refractivity contribution in [3.05, 3.63) is 71.8 Å². The Bertz CT molecular complexity index is 1210. The van der Waals surface area contributed by atoms with Crippen molar-refractivity contribution in [3.8, 4) is 0 Å². The summed E-state index contributed by atoms with van der Waals surface area (Å²) in [5.74, 6) is -1.48. The third-order valence-corrected chi connectivity index (χ3v) is 8.57. The molecule has 1 aliphatic carbocycles. The third-order valence-electron chi connectivity index (χ3n) is 8.57. The first-order valence-corrected chi connectivity index (χ1v) is 15.8. The molecule has 0 spiro atoms. The van der Waals surface area contributed by atoms with Gasteiger partial charge in [0.2, 0.25) is 5.78 Å². The van der Waals surface area contributed by atoms with Crippen molar-refractivity contribution >= 4 is 23.8 Å². The number of Topliss-reactive ketones (excluding diaryl/α,β-unsaturated/α-hetero) is 1. The summed E-state index contributed by atoms with van der Waals surface area (Å²) in [6, 6.07) is 18.0. The quantitative estimate of drug-likeness (QED) is 0.214. The van der Waals surface area contributed by atoms with Crippen LogP contribution < -0.4 is 16.0 Å². The van der Waals surface area contributed by atoms with Crippen LogP contribution in [0.5, 0.6) is 0 Å². The molecule has 2 aromatic carbocycles. The number of carbonyl (C=O) groups is 4. The van der Waals surface area contributed by atoms with Gasteiger partial charge in [0.1, 0.15) is 6.04 Å². The predicted molar refractivity (Wildman–Crippen MR) is 167 cm³/mol. The molecular weight excluding hydrogens is 560 g/mol. The summed E-state index contributed by atoms with van der Waals surface area (Å²) >= 11 is 0. The number of hydrogen-bond donors (Lipinski definition) is 3. The van der Waals surface area contributed by atoms with E-state index in [2.05, 4.69) is 28.1 Å². The molecule has 0 aromatic heterocycles. The Morgan fingerprint density at radius 2 is 1.57 bits per heavy atom. The predicted octanol–water partition coefficient (Wildman–Crippen LogP) is 4.54. The first-order valence-electron chi connectivity index (χ1n) is 15.8. The van der Waals surface area contributed by atoms with Crippen molar-refractivity contribution in [1.29, 1.82) is 0 Å². The minimum Gasteiger partial charge on any atom is -0.449 e. The van der Waals surface area contributed by atoms with Crippen molar-refractivity contribution in [2.24, 2.45) is 5.41 Å². The van der Waals surface area contributed by atoms with E-state index in [9.17, 15) is 19.2 Å². The first kappa shape index (κ1) is 33.0. The van der Waals surface area contributed by atoms with Crippen LogP contribution in [0.3, 0.4) is 0 Å². The van der Waals surface area contributed by atoms with E-state index in [1.165, 1.54) is 5.56 Å². The Morgan fingerprint density at radius 1 is 0.909 bits per heavy atom. The summed E-state index contributed by atoms with van der Waals surface area (Å²) < 4.78 is 11.0. The molecule has 1 aliphatic heterocycles. The van der Waals surface area contributed by atoms with E-state index in [0.29, 0.717) is 45.7 Å². The lowest BCUT2D eigenvalue weighted by atomic mass is 9.81. The zero-order valence-corrected chi connectivity index (χ0v) is 25.7. The highest BCUT2D eigenvalue weighted by Crippen LogP contribution is 2.41. The summed E-state index contributed by atoms with van der Waals surface area (Å²) in [7, 11) is 0. The fourth-order valence-corrected chi connectivity index (χ4v) is 6.00. The maximum atomic E-state index is 13.3. The second-order valence-electron chi connectivity index (χ2n) is 11.9. The minimum atomic E-state index is -1.05. The van der Waals surface area contributed by atoms with Gasteiger partial charge in [0, 0.05) is 25.0 Å². The third kappa shape index (κ3) is 10.1. The van der Waals surface area contributed by atoms with E-state index >= 15 is 0 Å². The molecule has 10 nitrogen and oxygen atoms in total. The Hall–Kier alpha value is -3.92. The van der Waals surface area contributed by atoms with Crippen LogP contribution in [0.4, 0.5) is 9.59 Å². The second-order valence-corrected chi connectivity index (χ2v) is 11.9. The summed E-state index contributed by atoms with van der Waals surface area (Å²) in [6.07, 6.45) is 5.55. The molecule has 1 saturated heterocycles. The molecule has 1 heterocycles. The Labute approximate surface area is 260 Å². The van der Waals surface area contributed by atoms with Crippen LogP contribution in [-0.4, -0.2) is 74.2 Å². The zero-order valence-electron chi connectivity index (χ0n) is 25.7. The SMILES string of the molecule is C[C@@H](NC(=O)C(=O)[C@H](CCCCNC(=O)N1CCOCC1)NC(=O)OCC1(Cc2ccccc2)CCCC1)c1ccccc1. The van der Waals surface area contributed by atoms with Crippen molar-refractivity contribution < 1.29 is 28.7 Å². The van der Waals surface area contributed by atoms with Crippen LogP contribution in [0.2, 0.25) is 0 Å². The van der Waals surface area contributed by atoms with Gasteiger partial charge < -0.3 is 30.3 Å². The highest BCUT2D eigenvalue weighted by atomic mass is 16.5. The number of alkyl carbamates (subject to hydrolysis) is 1. The number of morpholine rings is 1. The molecule has 4 rings (SSSR count). The van der Waals surface area contributed by atoms with Crippen molar-refractivity contribution in [1.82, 2.24) is 20.9 Å². The van der Waals surface area contributed by atoms with Crippen LogP contribution >= 0.6 is 0 Å². The van der Waals surface area contributed by atoms with Gasteiger partial charge in [0.25, 0.3) is 5.91 Å². The van der Waals surface area contributed by atoms with E-state index in [1.807, 2.05) is 55.5 Å². The minimum absolute atomic E-state index is 0.140. The molecular formula is C34H46N4O6. The topological polar surface area (TPSA) is 126 Å². The molecule has 1 saturated carbocycles. The highest BCUT2D eigenvalue weighted by molar-refractivity contribution is 6.38. The zero-order chi connectivity index (χ0) is 31.2. The van der Waals surface area contributed by atoms with Crippen LogP contribution in [0, 0.1) is 5.41 Å². The van der Waals surface area contributed by atoms with E-state index < -0.39 is 23.8 Å². The first-order chi connectivity index (χ1) is 21.3. The lowest BCUT2D eigenvalue weighted by molar-refractivity contribution is -0.139. The number of unbranched alkanes of at least 4 members (excludes halogenated alkanes) is 1. The Balaban J connectivity index is 1.32. The molecule has 4 amide bonds. The van der Waals surface area contributed by atoms with E-state index in [-0.39, 0.29) is 30.5 Å². The van der Waals surface area contributed by atoms with Crippen molar-refractivity contribution in [2.45, 2.75) is 70.4 Å². The van der Waals surface area contributed by atoms with Crippen molar-refractivity contribution in [3.63, 3.8) is 0 Å². The molecule has 10 heteroatoms. The average Bonchev–Trinajstić information content (AvgIpc) is 3.52. The number of ketones is 1. The number of rotatable bonds is 14. The number of carbonyl (C=O) groups excluding carboxylic acids is 4. The summed E-state index contributed by atoms with van der Waals surface area (Å²) in [5.41, 5.74) is 1.93. The number of amides is 4. The lowest BCUT2D eigenvalue weighted by Crippen LogP contribution is -2.48. The van der Waals surface area contributed by atoms with Gasteiger partial charge in [-0.25, -0.2) is 9.59 Å². The van der Waals surface area contributed by atoms with Gasteiger partial charge in [-0.15, -0.1) is 0 Å². The number of benzene rings is 2. The van der Waals surface area contributed by atoms with Crippen LogP contribution in [-0.2, 0) is 25.5 Å². The number of urea groups is 1. The smallest absolute Gasteiger partial charge is 0.407 e. The molecule has 0 bridgehead atoms. The van der Waals surface area contributed by atoms with Crippen LogP contribution in [0.1, 0.15) is 69.0 Å². The molecule has 0 unspecified atom stereocenters.